The minimum absolute atomic E-state index is 0.114. The highest BCUT2D eigenvalue weighted by atomic mass is 16.5. The van der Waals surface area contributed by atoms with E-state index in [9.17, 15) is 0 Å². The molecule has 0 aromatic heterocycles. The third kappa shape index (κ3) is 3.98. The Morgan fingerprint density at radius 1 is 1.19 bits per heavy atom. The van der Waals surface area contributed by atoms with Crippen molar-refractivity contribution in [2.45, 2.75) is 39.5 Å². The fraction of sp³-hybridized carbons (Fsp3) is 0.667. The zero-order chi connectivity index (χ0) is 15.5. The lowest BCUT2D eigenvalue weighted by atomic mass is 9.83. The second-order valence-electron chi connectivity index (χ2n) is 7.03. The van der Waals surface area contributed by atoms with Gasteiger partial charge in [-0.05, 0) is 35.4 Å². The summed E-state index contributed by atoms with van der Waals surface area (Å²) < 4.78 is 5.79. The standard InChI is InChI=1S/C18H30N2O/c1-14-6-7-16(18(2,3)4)17(21-5)15(14)8-11-20-12-9-19-10-13-20/h6-7,19H,8-13H2,1-5H3. The lowest BCUT2D eigenvalue weighted by Crippen LogP contribution is -2.44. The minimum atomic E-state index is 0.114. The van der Waals surface area contributed by atoms with Gasteiger partial charge in [0.05, 0.1) is 7.11 Å². The Hall–Kier alpha value is -1.06. The van der Waals surface area contributed by atoms with Gasteiger partial charge in [0.15, 0.2) is 0 Å². The van der Waals surface area contributed by atoms with Crippen LogP contribution in [0.15, 0.2) is 12.1 Å². The van der Waals surface area contributed by atoms with Crippen LogP contribution in [0.5, 0.6) is 5.75 Å². The quantitative estimate of drug-likeness (QED) is 0.923. The van der Waals surface area contributed by atoms with Gasteiger partial charge in [-0.1, -0.05) is 32.9 Å². The lowest BCUT2D eigenvalue weighted by Gasteiger charge is -2.29. The molecule has 3 nitrogen and oxygen atoms in total. The third-order valence-electron chi connectivity index (χ3n) is 4.39. The molecule has 1 saturated heterocycles. The van der Waals surface area contributed by atoms with Crippen LogP contribution in [0.25, 0.3) is 0 Å². The fourth-order valence-electron chi connectivity index (χ4n) is 3.07. The number of methoxy groups -OCH3 is 1. The molecule has 1 aromatic carbocycles. The molecule has 0 aliphatic carbocycles. The predicted octanol–water partition coefficient (Wildman–Crippen LogP) is 2.75. The van der Waals surface area contributed by atoms with Gasteiger partial charge >= 0.3 is 0 Å². The summed E-state index contributed by atoms with van der Waals surface area (Å²) in [5.74, 6) is 1.10. The highest BCUT2D eigenvalue weighted by Gasteiger charge is 2.22. The van der Waals surface area contributed by atoms with Crippen LogP contribution >= 0.6 is 0 Å². The Morgan fingerprint density at radius 3 is 2.43 bits per heavy atom. The molecule has 0 radical (unpaired) electrons. The van der Waals surface area contributed by atoms with Crippen LogP contribution in [-0.2, 0) is 11.8 Å². The van der Waals surface area contributed by atoms with Crippen molar-refractivity contribution < 1.29 is 4.74 Å². The summed E-state index contributed by atoms with van der Waals surface area (Å²) in [4.78, 5) is 2.54. The first-order valence-corrected chi connectivity index (χ1v) is 8.03. The zero-order valence-electron chi connectivity index (χ0n) is 14.3. The Kier molecular flexibility index (Phi) is 5.28. The van der Waals surface area contributed by atoms with Gasteiger partial charge in [0, 0.05) is 32.7 Å². The van der Waals surface area contributed by atoms with Crippen LogP contribution in [0.4, 0.5) is 0 Å². The van der Waals surface area contributed by atoms with E-state index < -0.39 is 0 Å². The van der Waals surface area contributed by atoms with Crippen LogP contribution in [0.3, 0.4) is 0 Å². The van der Waals surface area contributed by atoms with Gasteiger partial charge in [0.1, 0.15) is 5.75 Å². The molecule has 0 spiro atoms. The molecule has 2 rings (SSSR count). The van der Waals surface area contributed by atoms with Crippen molar-refractivity contribution in [2.75, 3.05) is 39.8 Å². The number of nitrogens with one attached hydrogen (secondary N) is 1. The Bertz CT molecular complexity index is 471. The normalized spacial score (nSPS) is 17.0. The van der Waals surface area contributed by atoms with Gasteiger partial charge in [0.2, 0.25) is 0 Å². The van der Waals surface area contributed by atoms with Crippen LogP contribution in [0.1, 0.15) is 37.5 Å². The van der Waals surface area contributed by atoms with E-state index in [1.54, 1.807) is 7.11 Å². The molecule has 1 aromatic rings. The number of benzene rings is 1. The SMILES string of the molecule is COc1c(C(C)(C)C)ccc(C)c1CCN1CCNCC1. The molecule has 1 aliphatic heterocycles. The van der Waals surface area contributed by atoms with E-state index in [0.717, 1.165) is 44.9 Å². The summed E-state index contributed by atoms with van der Waals surface area (Å²) in [6.07, 6.45) is 1.07. The van der Waals surface area contributed by atoms with E-state index in [4.69, 9.17) is 4.74 Å². The first-order chi connectivity index (χ1) is 9.93. The molecule has 1 heterocycles. The Morgan fingerprint density at radius 2 is 1.86 bits per heavy atom. The number of piperazine rings is 1. The van der Waals surface area contributed by atoms with Gasteiger partial charge in [-0.15, -0.1) is 0 Å². The molecule has 1 fully saturated rings. The highest BCUT2D eigenvalue weighted by Crippen LogP contribution is 2.35. The number of hydrogen-bond donors (Lipinski definition) is 1. The molecule has 0 atom stereocenters. The third-order valence-corrected chi connectivity index (χ3v) is 4.39. The predicted molar refractivity (Wildman–Crippen MR) is 89.4 cm³/mol. The smallest absolute Gasteiger partial charge is 0.126 e. The molecule has 0 bridgehead atoms. The van der Waals surface area contributed by atoms with Crippen LogP contribution in [-0.4, -0.2) is 44.7 Å². The van der Waals surface area contributed by atoms with E-state index in [0.29, 0.717) is 0 Å². The maximum atomic E-state index is 5.79. The van der Waals surface area contributed by atoms with Crippen molar-refractivity contribution in [1.29, 1.82) is 0 Å². The lowest BCUT2D eigenvalue weighted by molar-refractivity contribution is 0.243. The average Bonchev–Trinajstić information content (AvgIpc) is 2.45. The summed E-state index contributed by atoms with van der Waals surface area (Å²) in [6, 6.07) is 4.47. The summed E-state index contributed by atoms with van der Waals surface area (Å²) >= 11 is 0. The summed E-state index contributed by atoms with van der Waals surface area (Å²) in [5.41, 5.74) is 4.15. The first-order valence-electron chi connectivity index (χ1n) is 8.03. The van der Waals surface area contributed by atoms with Gasteiger partial charge in [-0.2, -0.15) is 0 Å². The first kappa shape index (κ1) is 16.3. The van der Waals surface area contributed by atoms with Gasteiger partial charge < -0.3 is 15.0 Å². The summed E-state index contributed by atoms with van der Waals surface area (Å²) in [7, 11) is 1.80. The number of nitrogens with zero attached hydrogens (tertiary/aromatic N) is 1. The molecule has 118 valence electrons. The van der Waals surface area contributed by atoms with Crippen molar-refractivity contribution in [1.82, 2.24) is 10.2 Å². The van der Waals surface area contributed by atoms with Crippen molar-refractivity contribution in [3.05, 3.63) is 28.8 Å². The molecule has 0 saturated carbocycles. The number of rotatable bonds is 4. The molecular weight excluding hydrogens is 260 g/mol. The molecule has 0 unspecified atom stereocenters. The number of aryl methyl sites for hydroxylation is 1. The average molecular weight is 290 g/mol. The zero-order valence-corrected chi connectivity index (χ0v) is 14.3. The van der Waals surface area contributed by atoms with Crippen LogP contribution in [0.2, 0.25) is 0 Å². The van der Waals surface area contributed by atoms with E-state index in [1.807, 2.05) is 0 Å². The number of ether oxygens (including phenoxy) is 1. The minimum Gasteiger partial charge on any atom is -0.496 e. The van der Waals surface area contributed by atoms with Crippen LogP contribution < -0.4 is 10.1 Å². The summed E-state index contributed by atoms with van der Waals surface area (Å²) in [6.45, 7) is 14.6. The van der Waals surface area contributed by atoms with Crippen LogP contribution in [0, 0.1) is 6.92 Å². The maximum Gasteiger partial charge on any atom is 0.126 e. The monoisotopic (exact) mass is 290 g/mol. The molecule has 3 heteroatoms. The van der Waals surface area contributed by atoms with Crippen molar-refractivity contribution in [2.24, 2.45) is 0 Å². The van der Waals surface area contributed by atoms with E-state index in [2.05, 4.69) is 50.0 Å². The fourth-order valence-corrected chi connectivity index (χ4v) is 3.07. The topological polar surface area (TPSA) is 24.5 Å². The Labute approximate surface area is 129 Å². The van der Waals surface area contributed by atoms with Crippen molar-refractivity contribution >= 4 is 0 Å². The van der Waals surface area contributed by atoms with Gasteiger partial charge in [0.25, 0.3) is 0 Å². The summed E-state index contributed by atoms with van der Waals surface area (Å²) in [5, 5.41) is 3.41. The van der Waals surface area contributed by atoms with Crippen molar-refractivity contribution in [3.8, 4) is 5.75 Å². The van der Waals surface area contributed by atoms with Crippen molar-refractivity contribution in [3.63, 3.8) is 0 Å². The second-order valence-corrected chi connectivity index (χ2v) is 7.03. The molecule has 0 amide bonds. The van der Waals surface area contributed by atoms with E-state index >= 15 is 0 Å². The largest absolute Gasteiger partial charge is 0.496 e. The highest BCUT2D eigenvalue weighted by molar-refractivity contribution is 5.49. The second kappa shape index (κ2) is 6.80. The van der Waals surface area contributed by atoms with E-state index in [1.165, 1.54) is 16.7 Å². The molecular formula is C18H30N2O. The maximum absolute atomic E-state index is 5.79. The van der Waals surface area contributed by atoms with Gasteiger partial charge in [-0.3, -0.25) is 0 Å². The molecule has 1 aliphatic rings. The molecule has 1 N–H and O–H groups in total. The molecule has 21 heavy (non-hydrogen) atoms. The van der Waals surface area contributed by atoms with E-state index in [-0.39, 0.29) is 5.41 Å². The number of hydrogen-bond acceptors (Lipinski definition) is 3. The van der Waals surface area contributed by atoms with Gasteiger partial charge in [-0.25, -0.2) is 0 Å². The Balaban J connectivity index is 2.20.